The van der Waals surface area contributed by atoms with Crippen molar-refractivity contribution in [2.45, 2.75) is 19.8 Å². The summed E-state index contributed by atoms with van der Waals surface area (Å²) in [6.45, 7) is 1.85. The zero-order chi connectivity index (χ0) is 26.6. The first-order valence-electron chi connectivity index (χ1n) is 10.8. The van der Waals surface area contributed by atoms with Crippen molar-refractivity contribution in [3.8, 4) is 0 Å². The molecular formula is C27H30BrCl2N3O3. The van der Waals surface area contributed by atoms with E-state index in [1.165, 1.54) is 26.9 Å². The standard InChI is InChI=1S/C9H10BrNO.2C9H10ClNO/c1-12-11-6-5-8-3-2-4-9(10)7-8;1-7(11-12-2)8-5-3-4-6-9(8)10;1-12-11-6-5-8-3-2-4-9(10)7-8/h2-4,6-7H,5H2,1H3;3-6H,1-2H3;2-4,6-7H,5H2,1H3. The van der Waals surface area contributed by atoms with Crippen LogP contribution >= 0.6 is 39.1 Å². The topological polar surface area (TPSA) is 64.8 Å². The molecule has 3 rings (SSSR count). The molecule has 0 fully saturated rings. The van der Waals surface area contributed by atoms with E-state index in [1.54, 1.807) is 12.4 Å². The molecule has 0 aliphatic carbocycles. The zero-order valence-corrected chi connectivity index (χ0v) is 23.8. The lowest BCUT2D eigenvalue weighted by Crippen LogP contribution is -1.95. The molecule has 0 saturated heterocycles. The van der Waals surface area contributed by atoms with Crippen LogP contribution in [0.25, 0.3) is 0 Å². The largest absolute Gasteiger partial charge is 0.399 e. The Hall–Kier alpha value is -2.87. The second-order valence-corrected chi connectivity index (χ2v) is 8.71. The van der Waals surface area contributed by atoms with Gasteiger partial charge in [0.1, 0.15) is 21.3 Å². The van der Waals surface area contributed by atoms with Gasteiger partial charge >= 0.3 is 0 Å². The number of rotatable bonds is 8. The first kappa shape index (κ1) is 31.2. The fraction of sp³-hybridized carbons (Fsp3) is 0.222. The average molecular weight is 595 g/mol. The van der Waals surface area contributed by atoms with E-state index in [1.807, 2.05) is 73.7 Å². The van der Waals surface area contributed by atoms with Gasteiger partial charge in [-0.3, -0.25) is 0 Å². The Morgan fingerprint density at radius 3 is 1.89 bits per heavy atom. The Balaban J connectivity index is 0.000000270. The first-order valence-corrected chi connectivity index (χ1v) is 12.4. The molecule has 3 aromatic carbocycles. The van der Waals surface area contributed by atoms with Crippen molar-refractivity contribution in [3.05, 3.63) is 104 Å². The van der Waals surface area contributed by atoms with Crippen LogP contribution in [-0.2, 0) is 27.4 Å². The molecule has 0 amide bonds. The highest BCUT2D eigenvalue weighted by atomic mass is 79.9. The van der Waals surface area contributed by atoms with E-state index in [4.69, 9.17) is 23.2 Å². The molecule has 192 valence electrons. The number of halogens is 3. The monoisotopic (exact) mass is 593 g/mol. The third kappa shape index (κ3) is 13.9. The summed E-state index contributed by atoms with van der Waals surface area (Å²) in [6, 6.07) is 23.3. The molecule has 0 aliphatic heterocycles. The van der Waals surface area contributed by atoms with E-state index in [0.29, 0.717) is 5.02 Å². The molecule has 0 atom stereocenters. The van der Waals surface area contributed by atoms with Crippen LogP contribution in [0.2, 0.25) is 10.0 Å². The summed E-state index contributed by atoms with van der Waals surface area (Å²) < 4.78 is 1.09. The van der Waals surface area contributed by atoms with E-state index in [2.05, 4.69) is 52.0 Å². The molecule has 0 bridgehead atoms. The quantitative estimate of drug-likeness (QED) is 0.197. The summed E-state index contributed by atoms with van der Waals surface area (Å²) in [5.41, 5.74) is 4.03. The van der Waals surface area contributed by atoms with Crippen LogP contribution in [0, 0.1) is 0 Å². The van der Waals surface area contributed by atoms with E-state index in [9.17, 15) is 0 Å². The molecular weight excluding hydrogens is 565 g/mol. The van der Waals surface area contributed by atoms with Crippen LogP contribution in [-0.4, -0.2) is 39.5 Å². The van der Waals surface area contributed by atoms with E-state index >= 15 is 0 Å². The molecule has 0 radical (unpaired) electrons. The lowest BCUT2D eigenvalue weighted by Gasteiger charge is -2.01. The maximum Gasteiger partial charge on any atom is 0.106 e. The number of hydrogen-bond acceptors (Lipinski definition) is 6. The fourth-order valence-corrected chi connectivity index (χ4v) is 3.64. The Morgan fingerprint density at radius 2 is 1.36 bits per heavy atom. The molecule has 3 aromatic rings. The van der Waals surface area contributed by atoms with Crippen LogP contribution < -0.4 is 0 Å². The van der Waals surface area contributed by atoms with Crippen molar-refractivity contribution in [2.75, 3.05) is 21.3 Å². The molecule has 0 heterocycles. The van der Waals surface area contributed by atoms with Crippen molar-refractivity contribution < 1.29 is 14.5 Å². The Morgan fingerprint density at radius 1 is 0.778 bits per heavy atom. The van der Waals surface area contributed by atoms with Gasteiger partial charge in [-0.15, -0.1) is 0 Å². The normalized spacial score (nSPS) is 10.8. The van der Waals surface area contributed by atoms with E-state index < -0.39 is 0 Å². The number of hydrogen-bond donors (Lipinski definition) is 0. The van der Waals surface area contributed by atoms with Crippen LogP contribution in [0.4, 0.5) is 0 Å². The van der Waals surface area contributed by atoms with Crippen LogP contribution in [0.3, 0.4) is 0 Å². The van der Waals surface area contributed by atoms with Crippen molar-refractivity contribution in [1.29, 1.82) is 0 Å². The highest BCUT2D eigenvalue weighted by Crippen LogP contribution is 2.15. The van der Waals surface area contributed by atoms with Gasteiger partial charge in [0.25, 0.3) is 0 Å². The summed E-state index contributed by atoms with van der Waals surface area (Å²) >= 11 is 15.1. The predicted octanol–water partition coefficient (Wildman–Crippen LogP) is 7.85. The average Bonchev–Trinajstić information content (AvgIpc) is 2.86. The third-order valence-corrected chi connectivity index (χ3v) is 5.34. The van der Waals surface area contributed by atoms with Gasteiger partial charge in [-0.2, -0.15) is 0 Å². The Bertz CT molecular complexity index is 1070. The second kappa shape index (κ2) is 19.3. The van der Waals surface area contributed by atoms with Gasteiger partial charge < -0.3 is 14.5 Å². The molecule has 0 saturated carbocycles. The fourth-order valence-electron chi connectivity index (χ4n) is 2.70. The van der Waals surface area contributed by atoms with Gasteiger partial charge in [0.15, 0.2) is 0 Å². The van der Waals surface area contributed by atoms with Crippen molar-refractivity contribution >= 4 is 57.3 Å². The summed E-state index contributed by atoms with van der Waals surface area (Å²) in [4.78, 5) is 13.7. The summed E-state index contributed by atoms with van der Waals surface area (Å²) in [7, 11) is 4.58. The molecule has 0 aromatic heterocycles. The van der Waals surface area contributed by atoms with Crippen LogP contribution in [0.5, 0.6) is 0 Å². The summed E-state index contributed by atoms with van der Waals surface area (Å²) in [5.74, 6) is 0. The predicted molar refractivity (Wildman–Crippen MR) is 155 cm³/mol. The minimum atomic E-state index is 0.691. The summed E-state index contributed by atoms with van der Waals surface area (Å²) in [6.07, 6.45) is 4.98. The van der Waals surface area contributed by atoms with Crippen molar-refractivity contribution in [1.82, 2.24) is 0 Å². The summed E-state index contributed by atoms with van der Waals surface area (Å²) in [5, 5.41) is 12.5. The zero-order valence-electron chi connectivity index (χ0n) is 20.7. The van der Waals surface area contributed by atoms with Gasteiger partial charge in [-0.25, -0.2) is 0 Å². The van der Waals surface area contributed by atoms with Crippen molar-refractivity contribution in [2.24, 2.45) is 15.5 Å². The maximum atomic E-state index is 5.92. The highest BCUT2D eigenvalue weighted by Gasteiger charge is 2.01. The minimum absolute atomic E-state index is 0.691. The lowest BCUT2D eigenvalue weighted by atomic mass is 10.1. The van der Waals surface area contributed by atoms with Gasteiger partial charge in [0, 0.05) is 45.4 Å². The lowest BCUT2D eigenvalue weighted by molar-refractivity contribution is 0.213. The van der Waals surface area contributed by atoms with Gasteiger partial charge in [-0.05, 0) is 48.4 Å². The van der Waals surface area contributed by atoms with Gasteiger partial charge in [0.2, 0.25) is 0 Å². The third-order valence-electron chi connectivity index (χ3n) is 4.28. The van der Waals surface area contributed by atoms with Gasteiger partial charge in [0.05, 0.1) is 5.71 Å². The number of nitrogens with zero attached hydrogens (tertiary/aromatic N) is 3. The Kier molecular flexibility index (Phi) is 16.7. The molecule has 0 N–H and O–H groups in total. The second-order valence-electron chi connectivity index (χ2n) is 6.95. The molecule has 9 heteroatoms. The highest BCUT2D eigenvalue weighted by molar-refractivity contribution is 9.10. The smallest absolute Gasteiger partial charge is 0.106 e. The van der Waals surface area contributed by atoms with Gasteiger partial charge in [-0.1, -0.05) is 97.1 Å². The van der Waals surface area contributed by atoms with Crippen molar-refractivity contribution in [3.63, 3.8) is 0 Å². The minimum Gasteiger partial charge on any atom is -0.399 e. The van der Waals surface area contributed by atoms with Crippen LogP contribution in [0.1, 0.15) is 23.6 Å². The van der Waals surface area contributed by atoms with Crippen LogP contribution in [0.15, 0.2) is 92.7 Å². The SMILES string of the molecule is CON=C(C)c1ccccc1Cl.CON=CCc1cccc(Br)c1.CON=CCc1cccc(Cl)c1. The number of oxime groups is 3. The van der Waals surface area contributed by atoms with E-state index in [0.717, 1.165) is 39.2 Å². The molecule has 0 unspecified atom stereocenters. The molecule has 6 nitrogen and oxygen atoms in total. The number of benzene rings is 3. The maximum absolute atomic E-state index is 5.92. The molecule has 0 aliphatic rings. The first-order chi connectivity index (χ1) is 17.4. The van der Waals surface area contributed by atoms with E-state index in [-0.39, 0.29) is 0 Å². The Labute approximate surface area is 231 Å². The molecule has 0 spiro atoms. The molecule has 36 heavy (non-hydrogen) atoms.